The van der Waals surface area contributed by atoms with Crippen molar-refractivity contribution >= 4 is 53.2 Å². The molecule has 0 saturated heterocycles. The van der Waals surface area contributed by atoms with Crippen molar-refractivity contribution in [3.63, 3.8) is 0 Å². The topological polar surface area (TPSA) is 9.23 Å². The van der Waals surface area contributed by atoms with E-state index in [1.165, 1.54) is 8.87 Å². The molecule has 112 valence electrons. The van der Waals surface area contributed by atoms with Crippen molar-refractivity contribution in [1.29, 1.82) is 0 Å². The Hall–Kier alpha value is -1.32. The first-order valence-electron chi connectivity index (χ1n) is 7.29. The van der Waals surface area contributed by atoms with E-state index in [0.29, 0.717) is 0 Å². The lowest BCUT2D eigenvalue weighted by molar-refractivity contribution is 0.415. The molecule has 1 nitrogen and oxygen atoms in total. The van der Waals surface area contributed by atoms with Gasteiger partial charge in [-0.3, -0.25) is 0 Å². The van der Waals surface area contributed by atoms with Gasteiger partial charge in [0.05, 0.1) is 33.7 Å². The van der Waals surface area contributed by atoms with Crippen molar-refractivity contribution < 1.29 is 4.74 Å². The predicted molar refractivity (Wildman–Crippen MR) is 110 cm³/mol. The smallest absolute Gasteiger partial charge is 0.383 e. The summed E-state index contributed by atoms with van der Waals surface area (Å²) >= 11 is 2.37. The average molecular weight is 429 g/mol. The number of hydrogen-bond donors (Lipinski definition) is 0. The number of halogens is 1. The lowest BCUT2D eigenvalue weighted by Crippen LogP contribution is -2.32. The van der Waals surface area contributed by atoms with Gasteiger partial charge in [0.15, 0.2) is 0 Å². The van der Waals surface area contributed by atoms with Crippen LogP contribution in [0.2, 0.25) is 0 Å². The Labute approximate surface area is 152 Å². The van der Waals surface area contributed by atoms with Gasteiger partial charge in [0, 0.05) is 6.07 Å². The fourth-order valence-corrected chi connectivity index (χ4v) is 7.07. The Kier molecular flexibility index (Phi) is 5.08. The zero-order chi connectivity index (χ0) is 16.3. The first-order valence-corrected chi connectivity index (χ1v) is 10.2. The lowest BCUT2D eigenvalue weighted by Gasteiger charge is -2.25. The van der Waals surface area contributed by atoms with Crippen LogP contribution in [-0.4, -0.2) is 14.7 Å². The summed E-state index contributed by atoms with van der Waals surface area (Å²) in [7, 11) is 6.63. The van der Waals surface area contributed by atoms with Crippen LogP contribution < -0.4 is 20.7 Å². The minimum Gasteiger partial charge on any atom is -0.497 e. The van der Waals surface area contributed by atoms with Crippen molar-refractivity contribution in [1.82, 2.24) is 0 Å². The maximum Gasteiger partial charge on any atom is 0.383 e. The average Bonchev–Trinajstić information content (AvgIpc) is 2.62. The van der Waals surface area contributed by atoms with Crippen LogP contribution in [0.3, 0.4) is 0 Å². The molecule has 0 aliphatic heterocycles. The highest BCUT2D eigenvalue weighted by molar-refractivity contribution is 14.1. The van der Waals surface area contributed by atoms with Crippen molar-refractivity contribution in [3.05, 3.63) is 82.4 Å². The van der Waals surface area contributed by atoms with E-state index in [-0.39, 0.29) is 0 Å². The van der Waals surface area contributed by atoms with Gasteiger partial charge in [0.1, 0.15) is 5.75 Å². The van der Waals surface area contributed by atoms with Crippen molar-refractivity contribution in [2.24, 2.45) is 0 Å². The molecule has 0 aromatic heterocycles. The molecule has 0 fully saturated rings. The maximum atomic E-state index is 7.14. The largest absolute Gasteiger partial charge is 0.497 e. The molecule has 0 saturated carbocycles. The van der Waals surface area contributed by atoms with E-state index in [4.69, 9.17) is 12.3 Å². The summed E-state index contributed by atoms with van der Waals surface area (Å²) < 4.78 is 6.60. The minimum absolute atomic E-state index is 0.833. The van der Waals surface area contributed by atoms with E-state index in [1.54, 1.807) is 7.11 Å². The summed E-state index contributed by atoms with van der Waals surface area (Å²) in [6, 6.07) is 26.8. The highest BCUT2D eigenvalue weighted by Gasteiger charge is 2.41. The fraction of sp³-hybridized carbons (Fsp3) is 0.0526. The van der Waals surface area contributed by atoms with Gasteiger partial charge in [-0.15, -0.1) is 0 Å². The highest BCUT2D eigenvalue weighted by Crippen LogP contribution is 2.51. The molecule has 4 heteroatoms. The van der Waals surface area contributed by atoms with Gasteiger partial charge >= 0.3 is 7.57 Å². The van der Waals surface area contributed by atoms with Gasteiger partial charge in [0.25, 0.3) is 0 Å². The summed E-state index contributed by atoms with van der Waals surface area (Å²) in [5.41, 5.74) is 0. The van der Waals surface area contributed by atoms with Crippen LogP contribution in [0, 0.1) is 3.57 Å². The zero-order valence-electron chi connectivity index (χ0n) is 12.8. The molecule has 3 rings (SSSR count). The summed E-state index contributed by atoms with van der Waals surface area (Å²) in [6.07, 6.45) is 0. The van der Waals surface area contributed by atoms with Gasteiger partial charge in [0.2, 0.25) is 0 Å². The SMILES string of the molecule is [B][P+](c1ccccc1)(c1cccc(OC)c1)c1ccccc1I. The molecule has 0 bridgehead atoms. The summed E-state index contributed by atoms with van der Waals surface area (Å²) in [4.78, 5) is 0. The van der Waals surface area contributed by atoms with E-state index >= 15 is 0 Å². The highest BCUT2D eigenvalue weighted by atomic mass is 127. The Morgan fingerprint density at radius 1 is 0.826 bits per heavy atom. The molecule has 0 heterocycles. The molecule has 0 spiro atoms. The van der Waals surface area contributed by atoms with Crippen LogP contribution >= 0.6 is 29.7 Å². The molecule has 3 aromatic rings. The van der Waals surface area contributed by atoms with Gasteiger partial charge < -0.3 is 4.74 Å². The van der Waals surface area contributed by atoms with Crippen LogP contribution in [0.4, 0.5) is 0 Å². The monoisotopic (exact) mass is 429 g/mol. The summed E-state index contributed by atoms with van der Waals surface area (Å²) in [5, 5.41) is 3.48. The maximum absolute atomic E-state index is 7.14. The van der Waals surface area contributed by atoms with Gasteiger partial charge in [-0.2, -0.15) is 0 Å². The normalized spacial score (nSPS) is 13.3. The molecule has 0 N–H and O–H groups in total. The van der Waals surface area contributed by atoms with Crippen LogP contribution in [0.1, 0.15) is 0 Å². The Morgan fingerprint density at radius 2 is 1.48 bits per heavy atom. The van der Waals surface area contributed by atoms with Gasteiger partial charge in [-0.25, -0.2) is 0 Å². The second-order valence-corrected chi connectivity index (χ2v) is 9.33. The third kappa shape index (κ3) is 3.18. The van der Waals surface area contributed by atoms with E-state index in [9.17, 15) is 0 Å². The van der Waals surface area contributed by atoms with E-state index in [1.807, 2.05) is 36.4 Å². The molecule has 2 radical (unpaired) electrons. The van der Waals surface area contributed by atoms with Crippen molar-refractivity contribution in [3.8, 4) is 5.75 Å². The van der Waals surface area contributed by atoms with Crippen molar-refractivity contribution in [2.45, 2.75) is 0 Å². The fourth-order valence-electron chi connectivity index (χ4n) is 2.66. The Bertz CT molecular complexity index is 809. The summed E-state index contributed by atoms with van der Waals surface area (Å²) in [5.74, 6) is 0.833. The molecule has 1 unspecified atom stereocenters. The quantitative estimate of drug-likeness (QED) is 0.350. The molecule has 0 aliphatic carbocycles. The predicted octanol–water partition coefficient (Wildman–Crippen LogP) is 3.68. The van der Waals surface area contributed by atoms with Crippen LogP contribution in [0.25, 0.3) is 0 Å². The number of ether oxygens (including phenoxy) is 1. The van der Waals surface area contributed by atoms with Crippen LogP contribution in [-0.2, 0) is 0 Å². The summed E-state index contributed by atoms with van der Waals surface area (Å²) in [6.45, 7) is 0. The van der Waals surface area contributed by atoms with Gasteiger partial charge in [-0.05, 0) is 59.0 Å². The Balaban J connectivity index is 2.28. The van der Waals surface area contributed by atoms with Crippen molar-refractivity contribution in [2.75, 3.05) is 7.11 Å². The third-order valence-electron chi connectivity index (χ3n) is 3.86. The van der Waals surface area contributed by atoms with E-state index in [0.717, 1.165) is 16.4 Å². The van der Waals surface area contributed by atoms with Crippen LogP contribution in [0.5, 0.6) is 5.75 Å². The number of methoxy groups -OCH3 is 1. The van der Waals surface area contributed by atoms with E-state index < -0.39 is 7.14 Å². The molecule has 3 aromatic carbocycles. The molecule has 0 aliphatic rings. The standard InChI is InChI=1S/C19H16BIOP/c1-22-15-8-7-11-17(14-15)23(20,16-9-3-2-4-10-16)19-13-6-5-12-18(19)21/h2-14H,1H3/q+1. The van der Waals surface area contributed by atoms with Crippen LogP contribution in [0.15, 0.2) is 78.9 Å². The lowest BCUT2D eigenvalue weighted by atomic mass is 10.3. The molecular weight excluding hydrogens is 413 g/mol. The second-order valence-electron chi connectivity index (χ2n) is 5.21. The first kappa shape index (κ1) is 16.5. The van der Waals surface area contributed by atoms with Gasteiger partial charge in [-0.1, -0.05) is 36.4 Å². The molecule has 0 amide bonds. The molecular formula is C19H16BIOP+. The third-order valence-corrected chi connectivity index (χ3v) is 8.58. The zero-order valence-corrected chi connectivity index (χ0v) is 15.9. The number of benzene rings is 3. The Morgan fingerprint density at radius 3 is 2.17 bits per heavy atom. The molecule has 1 atom stereocenters. The number of hydrogen-bond acceptors (Lipinski definition) is 1. The van der Waals surface area contributed by atoms with E-state index in [2.05, 4.69) is 65.1 Å². The first-order chi connectivity index (χ1) is 11.2. The second kappa shape index (κ2) is 7.06. The molecule has 23 heavy (non-hydrogen) atoms. The number of rotatable bonds is 4. The minimum atomic E-state index is -2.19.